The SMILES string of the molecule is O=C(Cc1ccco1)N1C[C@@H]2CN(Cc3ccsc3)CCO[C@@H]2C1. The summed E-state index contributed by atoms with van der Waals surface area (Å²) >= 11 is 1.74. The molecule has 0 unspecified atom stereocenters. The van der Waals surface area contributed by atoms with Gasteiger partial charge in [0, 0.05) is 38.6 Å². The molecular weight excluding hydrogens is 324 g/mol. The van der Waals surface area contributed by atoms with Gasteiger partial charge in [0.15, 0.2) is 0 Å². The molecule has 4 heterocycles. The molecule has 0 aliphatic carbocycles. The number of nitrogens with zero attached hydrogens (tertiary/aromatic N) is 2. The minimum Gasteiger partial charge on any atom is -0.469 e. The first-order valence-corrected chi connectivity index (χ1v) is 9.37. The van der Waals surface area contributed by atoms with Crippen molar-refractivity contribution in [2.45, 2.75) is 19.1 Å². The van der Waals surface area contributed by atoms with Crippen molar-refractivity contribution in [3.8, 4) is 0 Å². The Balaban J connectivity index is 1.36. The van der Waals surface area contributed by atoms with Gasteiger partial charge in [0.2, 0.25) is 5.91 Å². The van der Waals surface area contributed by atoms with Crippen LogP contribution >= 0.6 is 11.3 Å². The molecule has 2 aromatic heterocycles. The van der Waals surface area contributed by atoms with Gasteiger partial charge < -0.3 is 14.1 Å². The summed E-state index contributed by atoms with van der Waals surface area (Å²) in [6.07, 6.45) is 2.12. The summed E-state index contributed by atoms with van der Waals surface area (Å²) in [5, 5.41) is 4.33. The van der Waals surface area contributed by atoms with Gasteiger partial charge in [0.1, 0.15) is 5.76 Å². The lowest BCUT2D eigenvalue weighted by Crippen LogP contribution is -2.34. The van der Waals surface area contributed by atoms with Gasteiger partial charge >= 0.3 is 0 Å². The summed E-state index contributed by atoms with van der Waals surface area (Å²) in [4.78, 5) is 16.9. The maximum Gasteiger partial charge on any atom is 0.230 e. The van der Waals surface area contributed by atoms with E-state index in [1.807, 2.05) is 17.0 Å². The molecule has 0 aromatic carbocycles. The quantitative estimate of drug-likeness (QED) is 0.852. The lowest BCUT2D eigenvalue weighted by molar-refractivity contribution is -0.130. The standard InChI is InChI=1S/C18H22N2O3S/c21-18(8-16-2-1-5-22-16)20-11-15-10-19(4-6-23-17(15)12-20)9-14-3-7-24-13-14/h1-3,5,7,13,15,17H,4,6,8-12H2/t15-,17+/m0/s1. The number of furan rings is 1. The van der Waals surface area contributed by atoms with E-state index in [0.29, 0.717) is 18.9 Å². The van der Waals surface area contributed by atoms with Crippen LogP contribution in [0.1, 0.15) is 11.3 Å². The monoisotopic (exact) mass is 346 g/mol. The highest BCUT2D eigenvalue weighted by atomic mass is 32.1. The van der Waals surface area contributed by atoms with Crippen LogP contribution in [0.3, 0.4) is 0 Å². The van der Waals surface area contributed by atoms with Gasteiger partial charge in [-0.3, -0.25) is 9.69 Å². The van der Waals surface area contributed by atoms with E-state index in [4.69, 9.17) is 9.15 Å². The second kappa shape index (κ2) is 7.09. The molecule has 1 amide bonds. The summed E-state index contributed by atoms with van der Waals surface area (Å²) in [6.45, 7) is 5.15. The highest BCUT2D eigenvalue weighted by Crippen LogP contribution is 2.25. The van der Waals surface area contributed by atoms with Crippen molar-refractivity contribution in [2.75, 3.05) is 32.8 Å². The van der Waals surface area contributed by atoms with Crippen molar-refractivity contribution in [2.24, 2.45) is 5.92 Å². The normalized spacial score (nSPS) is 24.8. The van der Waals surface area contributed by atoms with E-state index >= 15 is 0 Å². The zero-order valence-corrected chi connectivity index (χ0v) is 14.4. The third-order valence-electron chi connectivity index (χ3n) is 4.86. The third kappa shape index (κ3) is 3.55. The highest BCUT2D eigenvalue weighted by molar-refractivity contribution is 7.07. The maximum atomic E-state index is 12.5. The largest absolute Gasteiger partial charge is 0.469 e. The Labute approximate surface area is 145 Å². The van der Waals surface area contributed by atoms with Crippen LogP contribution in [-0.2, 0) is 22.5 Å². The van der Waals surface area contributed by atoms with E-state index in [1.165, 1.54) is 5.56 Å². The van der Waals surface area contributed by atoms with Crippen LogP contribution in [-0.4, -0.2) is 54.6 Å². The van der Waals surface area contributed by atoms with Gasteiger partial charge in [-0.25, -0.2) is 0 Å². The van der Waals surface area contributed by atoms with Gasteiger partial charge in [-0.1, -0.05) is 0 Å². The Kier molecular flexibility index (Phi) is 4.69. The highest BCUT2D eigenvalue weighted by Gasteiger charge is 2.38. The van der Waals surface area contributed by atoms with Crippen molar-refractivity contribution in [3.05, 3.63) is 46.5 Å². The van der Waals surface area contributed by atoms with Crippen molar-refractivity contribution >= 4 is 17.2 Å². The lowest BCUT2D eigenvalue weighted by Gasteiger charge is -2.23. The molecule has 0 N–H and O–H groups in total. The second-order valence-electron chi connectivity index (χ2n) is 6.59. The number of hydrogen-bond acceptors (Lipinski definition) is 5. The van der Waals surface area contributed by atoms with Gasteiger partial charge in [-0.15, -0.1) is 0 Å². The van der Waals surface area contributed by atoms with Crippen LogP contribution < -0.4 is 0 Å². The predicted octanol–water partition coefficient (Wildman–Crippen LogP) is 2.24. The van der Waals surface area contributed by atoms with Crippen molar-refractivity contribution < 1.29 is 13.9 Å². The molecule has 2 atom stereocenters. The number of carbonyl (C=O) groups is 1. The number of ether oxygens (including phenoxy) is 1. The van der Waals surface area contributed by atoms with Crippen LogP contribution in [0.2, 0.25) is 0 Å². The molecule has 2 aliphatic rings. The molecule has 0 spiro atoms. The summed E-state index contributed by atoms with van der Waals surface area (Å²) < 4.78 is 11.3. The Morgan fingerprint density at radius 3 is 3.04 bits per heavy atom. The summed E-state index contributed by atoms with van der Waals surface area (Å²) in [5.74, 6) is 1.25. The fourth-order valence-corrected chi connectivity index (χ4v) is 4.28. The van der Waals surface area contributed by atoms with E-state index in [9.17, 15) is 4.79 Å². The number of hydrogen-bond donors (Lipinski definition) is 0. The van der Waals surface area contributed by atoms with Crippen LogP contribution in [0.15, 0.2) is 39.6 Å². The summed E-state index contributed by atoms with van der Waals surface area (Å²) in [6, 6.07) is 5.86. The topological polar surface area (TPSA) is 45.9 Å². The van der Waals surface area contributed by atoms with E-state index in [0.717, 1.165) is 38.5 Å². The average Bonchev–Trinajstić information content (AvgIpc) is 3.29. The Morgan fingerprint density at radius 1 is 1.29 bits per heavy atom. The minimum atomic E-state index is 0.131. The van der Waals surface area contributed by atoms with Crippen molar-refractivity contribution in [1.29, 1.82) is 0 Å². The zero-order chi connectivity index (χ0) is 16.4. The smallest absolute Gasteiger partial charge is 0.230 e. The first-order valence-electron chi connectivity index (χ1n) is 8.43. The Hall–Kier alpha value is -1.63. The van der Waals surface area contributed by atoms with Gasteiger partial charge in [0.25, 0.3) is 0 Å². The molecule has 0 radical (unpaired) electrons. The Morgan fingerprint density at radius 2 is 2.25 bits per heavy atom. The molecular formula is C18H22N2O3S. The van der Waals surface area contributed by atoms with E-state index in [-0.39, 0.29) is 12.0 Å². The Bertz CT molecular complexity index is 656. The maximum absolute atomic E-state index is 12.5. The van der Waals surface area contributed by atoms with E-state index < -0.39 is 0 Å². The van der Waals surface area contributed by atoms with Gasteiger partial charge in [-0.05, 0) is 34.5 Å². The molecule has 6 heteroatoms. The summed E-state index contributed by atoms with van der Waals surface area (Å²) in [5.41, 5.74) is 1.36. The molecule has 5 nitrogen and oxygen atoms in total. The van der Waals surface area contributed by atoms with Crippen LogP contribution in [0, 0.1) is 5.92 Å². The minimum absolute atomic E-state index is 0.131. The van der Waals surface area contributed by atoms with E-state index in [1.54, 1.807) is 17.6 Å². The van der Waals surface area contributed by atoms with Gasteiger partial charge in [-0.2, -0.15) is 11.3 Å². The molecule has 0 saturated carbocycles. The zero-order valence-electron chi connectivity index (χ0n) is 13.6. The number of thiophene rings is 1. The fourth-order valence-electron chi connectivity index (χ4n) is 3.62. The third-order valence-corrected chi connectivity index (χ3v) is 5.59. The molecule has 2 aliphatic heterocycles. The molecule has 24 heavy (non-hydrogen) atoms. The molecule has 4 rings (SSSR count). The number of rotatable bonds is 4. The first kappa shape index (κ1) is 15.9. The average molecular weight is 346 g/mol. The van der Waals surface area contributed by atoms with Gasteiger partial charge in [0.05, 0.1) is 25.4 Å². The number of fused-ring (bicyclic) bond motifs is 1. The van der Waals surface area contributed by atoms with Crippen molar-refractivity contribution in [3.63, 3.8) is 0 Å². The molecule has 0 bridgehead atoms. The molecule has 2 aromatic rings. The lowest BCUT2D eigenvalue weighted by atomic mass is 10.1. The van der Waals surface area contributed by atoms with Crippen LogP contribution in [0.4, 0.5) is 0 Å². The number of amides is 1. The molecule has 128 valence electrons. The molecule has 2 saturated heterocycles. The van der Waals surface area contributed by atoms with Crippen LogP contribution in [0.25, 0.3) is 0 Å². The molecule has 2 fully saturated rings. The first-order chi connectivity index (χ1) is 11.8. The number of likely N-dealkylation sites (tertiary alicyclic amines) is 1. The predicted molar refractivity (Wildman–Crippen MR) is 91.8 cm³/mol. The second-order valence-corrected chi connectivity index (χ2v) is 7.37. The van der Waals surface area contributed by atoms with E-state index in [2.05, 4.69) is 21.7 Å². The fraction of sp³-hybridized carbons (Fsp3) is 0.500. The van der Waals surface area contributed by atoms with Crippen molar-refractivity contribution in [1.82, 2.24) is 9.80 Å². The summed E-state index contributed by atoms with van der Waals surface area (Å²) in [7, 11) is 0. The van der Waals surface area contributed by atoms with Crippen LogP contribution in [0.5, 0.6) is 0 Å². The number of carbonyl (C=O) groups excluding carboxylic acids is 1.